The van der Waals surface area contributed by atoms with E-state index in [1.54, 1.807) is 28.8 Å². The first kappa shape index (κ1) is 18.9. The molecule has 10 heteroatoms. The maximum absolute atomic E-state index is 12.3. The minimum Gasteiger partial charge on any atom is -0.317 e. The third kappa shape index (κ3) is 3.96. The van der Waals surface area contributed by atoms with Gasteiger partial charge >= 0.3 is 0 Å². The number of hydrogen-bond acceptors (Lipinski definition) is 6. The summed E-state index contributed by atoms with van der Waals surface area (Å²) in [6.45, 7) is 2.33. The zero-order valence-corrected chi connectivity index (χ0v) is 15.9. The number of hydrogen-bond donors (Lipinski definition) is 0. The number of carbonyl (C=O) groups is 1. The lowest BCUT2D eigenvalue weighted by Gasteiger charge is -2.02. The van der Waals surface area contributed by atoms with Gasteiger partial charge < -0.3 is 4.57 Å². The molecule has 1 aromatic heterocycles. The predicted octanol–water partition coefficient (Wildman–Crippen LogP) is 2.53. The van der Waals surface area contributed by atoms with E-state index < -0.39 is 26.4 Å². The van der Waals surface area contributed by atoms with E-state index in [4.69, 9.17) is 0 Å². The fraction of sp³-hybridized carbons (Fsp3) is 0.176. The number of benzene rings is 2. The molecule has 8 nitrogen and oxygen atoms in total. The smallest absolute Gasteiger partial charge is 0.270 e. The van der Waals surface area contributed by atoms with Crippen molar-refractivity contribution < 1.29 is 18.1 Å². The first-order valence-corrected chi connectivity index (χ1v) is 10.4. The number of rotatable bonds is 5. The standard InChI is InChI=1S/C17H15N3O5S2/c1-2-19-14-9-8-12(20(22)23)10-15(14)26-17(19)18-16(21)11-27(24,25)13-6-4-3-5-7-13/h3-10H,2,11H2,1H3. The first-order chi connectivity index (χ1) is 12.8. The average Bonchev–Trinajstić information content (AvgIpc) is 2.97. The van der Waals surface area contributed by atoms with Crippen molar-refractivity contribution in [2.75, 3.05) is 5.75 Å². The number of nitro benzene ring substituents is 1. The molecule has 0 unspecified atom stereocenters. The second kappa shape index (κ2) is 7.41. The molecule has 3 aromatic rings. The van der Waals surface area contributed by atoms with Gasteiger partial charge in [-0.25, -0.2) is 8.42 Å². The highest BCUT2D eigenvalue weighted by atomic mass is 32.2. The maximum atomic E-state index is 12.3. The Morgan fingerprint density at radius 2 is 1.93 bits per heavy atom. The van der Waals surface area contributed by atoms with Gasteiger partial charge in [0.1, 0.15) is 5.75 Å². The van der Waals surface area contributed by atoms with E-state index in [1.165, 1.54) is 24.3 Å². The molecule has 140 valence electrons. The number of non-ortho nitro benzene ring substituents is 1. The number of thiazole rings is 1. The fourth-order valence-electron chi connectivity index (χ4n) is 2.58. The van der Waals surface area contributed by atoms with Gasteiger partial charge in [-0.15, -0.1) is 0 Å². The number of carbonyl (C=O) groups excluding carboxylic acids is 1. The van der Waals surface area contributed by atoms with E-state index in [0.717, 1.165) is 11.3 Å². The van der Waals surface area contributed by atoms with Crippen LogP contribution in [-0.4, -0.2) is 29.6 Å². The molecule has 1 heterocycles. The van der Waals surface area contributed by atoms with Gasteiger partial charge in [0, 0.05) is 18.7 Å². The maximum Gasteiger partial charge on any atom is 0.270 e. The Bertz CT molecular complexity index is 1190. The van der Waals surface area contributed by atoms with E-state index >= 15 is 0 Å². The largest absolute Gasteiger partial charge is 0.317 e. The van der Waals surface area contributed by atoms with Gasteiger partial charge in [-0.05, 0) is 25.1 Å². The molecule has 0 saturated heterocycles. The molecule has 27 heavy (non-hydrogen) atoms. The van der Waals surface area contributed by atoms with Crippen LogP contribution in [0.3, 0.4) is 0 Å². The second-order valence-electron chi connectivity index (χ2n) is 5.62. The van der Waals surface area contributed by atoms with Gasteiger partial charge in [0.2, 0.25) is 0 Å². The number of fused-ring (bicyclic) bond motifs is 1. The van der Waals surface area contributed by atoms with Crippen molar-refractivity contribution in [2.24, 2.45) is 4.99 Å². The summed E-state index contributed by atoms with van der Waals surface area (Å²) in [4.78, 5) is 27.0. The van der Waals surface area contributed by atoms with Gasteiger partial charge in [0.25, 0.3) is 11.6 Å². The van der Waals surface area contributed by atoms with Crippen molar-refractivity contribution in [3.8, 4) is 0 Å². The van der Waals surface area contributed by atoms with Crippen molar-refractivity contribution >= 4 is 43.0 Å². The second-order valence-corrected chi connectivity index (χ2v) is 8.61. The molecule has 0 aliphatic rings. The molecule has 0 N–H and O–H groups in total. The minimum absolute atomic E-state index is 0.0588. The molecule has 0 spiro atoms. The van der Waals surface area contributed by atoms with Crippen molar-refractivity contribution in [1.29, 1.82) is 0 Å². The third-order valence-electron chi connectivity index (χ3n) is 3.83. The van der Waals surface area contributed by atoms with Crippen LogP contribution in [0.15, 0.2) is 58.4 Å². The number of aromatic nitrogens is 1. The zero-order valence-electron chi connectivity index (χ0n) is 14.2. The van der Waals surface area contributed by atoms with Crippen LogP contribution in [0.2, 0.25) is 0 Å². The highest BCUT2D eigenvalue weighted by Gasteiger charge is 2.19. The molecule has 0 fully saturated rings. The Hall–Kier alpha value is -2.85. The first-order valence-electron chi connectivity index (χ1n) is 7.95. The highest BCUT2D eigenvalue weighted by molar-refractivity contribution is 7.92. The fourth-order valence-corrected chi connectivity index (χ4v) is 4.85. The molecule has 0 radical (unpaired) electrons. The van der Waals surface area contributed by atoms with Crippen molar-refractivity contribution in [3.05, 3.63) is 63.4 Å². The van der Waals surface area contributed by atoms with Crippen molar-refractivity contribution in [2.45, 2.75) is 18.4 Å². The van der Waals surface area contributed by atoms with E-state index in [1.807, 2.05) is 6.92 Å². The highest BCUT2D eigenvalue weighted by Crippen LogP contribution is 2.23. The minimum atomic E-state index is -3.78. The van der Waals surface area contributed by atoms with Gasteiger partial charge in [-0.3, -0.25) is 14.9 Å². The SMILES string of the molecule is CCn1c(=NC(=O)CS(=O)(=O)c2ccccc2)sc2cc([N+](=O)[O-])ccc21. The van der Waals surface area contributed by atoms with Crippen LogP contribution in [0, 0.1) is 10.1 Å². The van der Waals surface area contributed by atoms with Crippen LogP contribution in [0.5, 0.6) is 0 Å². The predicted molar refractivity (Wildman–Crippen MR) is 101 cm³/mol. The number of nitrogens with zero attached hydrogens (tertiary/aromatic N) is 3. The lowest BCUT2D eigenvalue weighted by Crippen LogP contribution is -2.20. The average molecular weight is 405 g/mol. The van der Waals surface area contributed by atoms with Gasteiger partial charge in [0.15, 0.2) is 14.6 Å². The van der Waals surface area contributed by atoms with Crippen LogP contribution in [0.25, 0.3) is 10.2 Å². The van der Waals surface area contributed by atoms with Crippen LogP contribution >= 0.6 is 11.3 Å². The summed E-state index contributed by atoms with van der Waals surface area (Å²) in [5.41, 5.74) is 0.641. The van der Waals surface area contributed by atoms with E-state index in [-0.39, 0.29) is 10.6 Å². The molecule has 0 atom stereocenters. The number of nitro groups is 1. The van der Waals surface area contributed by atoms with Crippen LogP contribution in [-0.2, 0) is 21.2 Å². The molecule has 2 aromatic carbocycles. The summed E-state index contributed by atoms with van der Waals surface area (Å²) in [5.74, 6) is -1.53. The Labute approximate surface area is 158 Å². The number of aryl methyl sites for hydroxylation is 1. The van der Waals surface area contributed by atoms with Crippen molar-refractivity contribution in [1.82, 2.24) is 4.57 Å². The van der Waals surface area contributed by atoms with E-state index in [0.29, 0.717) is 21.6 Å². The summed E-state index contributed by atoms with van der Waals surface area (Å²) >= 11 is 1.11. The van der Waals surface area contributed by atoms with E-state index in [9.17, 15) is 23.3 Å². The van der Waals surface area contributed by atoms with Gasteiger partial charge in [0.05, 0.1) is 20.0 Å². The molecule has 1 amide bonds. The molecule has 0 bridgehead atoms. The lowest BCUT2D eigenvalue weighted by atomic mass is 10.3. The topological polar surface area (TPSA) is 112 Å². The molecular formula is C17H15N3O5S2. The third-order valence-corrected chi connectivity index (χ3v) is 6.49. The van der Waals surface area contributed by atoms with Crippen LogP contribution < -0.4 is 4.80 Å². The van der Waals surface area contributed by atoms with Crippen molar-refractivity contribution in [3.63, 3.8) is 0 Å². The van der Waals surface area contributed by atoms with Gasteiger partial charge in [-0.2, -0.15) is 4.99 Å². The molecular weight excluding hydrogens is 390 g/mol. The Morgan fingerprint density at radius 3 is 2.56 bits per heavy atom. The molecule has 0 aliphatic carbocycles. The quantitative estimate of drug-likeness (QED) is 0.478. The monoisotopic (exact) mass is 405 g/mol. The molecule has 0 aliphatic heterocycles. The zero-order chi connectivity index (χ0) is 19.6. The molecule has 3 rings (SSSR count). The van der Waals surface area contributed by atoms with Crippen LogP contribution in [0.4, 0.5) is 5.69 Å². The summed E-state index contributed by atoms with van der Waals surface area (Å²) in [6.07, 6.45) is 0. The Morgan fingerprint density at radius 1 is 1.22 bits per heavy atom. The molecule has 0 saturated carbocycles. The number of amides is 1. The summed E-state index contributed by atoms with van der Waals surface area (Å²) in [7, 11) is -3.78. The summed E-state index contributed by atoms with van der Waals surface area (Å²) < 4.78 is 27.0. The Balaban J connectivity index is 1.99. The normalized spacial score (nSPS) is 12.4. The van der Waals surface area contributed by atoms with E-state index in [2.05, 4.69) is 4.99 Å². The summed E-state index contributed by atoms with van der Waals surface area (Å²) in [6, 6.07) is 12.1. The number of sulfone groups is 1. The van der Waals surface area contributed by atoms with Crippen LogP contribution in [0.1, 0.15) is 6.92 Å². The van der Waals surface area contributed by atoms with Gasteiger partial charge in [-0.1, -0.05) is 29.5 Å². The lowest BCUT2D eigenvalue weighted by molar-refractivity contribution is -0.384. The Kier molecular flexibility index (Phi) is 5.19. The summed E-state index contributed by atoms with van der Waals surface area (Å²) in [5, 5.41) is 10.9.